The minimum atomic E-state index is 0.846. The molecule has 0 aliphatic rings. The van der Waals surface area contributed by atoms with Gasteiger partial charge in [0.25, 0.3) is 0 Å². The first-order valence-electron chi connectivity index (χ1n) is 9.85. The smallest absolute Gasteiger partial charge is 0.106 e. The predicted octanol–water partition coefficient (Wildman–Crippen LogP) is 4.62. The molecule has 0 radical (unpaired) electrons. The molecule has 1 heterocycles. The lowest BCUT2D eigenvalue weighted by molar-refractivity contribution is 1.13. The van der Waals surface area contributed by atoms with Crippen LogP contribution in [0.2, 0.25) is 0 Å². The molecule has 0 N–H and O–H groups in total. The summed E-state index contributed by atoms with van der Waals surface area (Å²) in [4.78, 5) is 4.14. The Morgan fingerprint density at radius 1 is 0.581 bits per heavy atom. The van der Waals surface area contributed by atoms with Crippen LogP contribution in [0.1, 0.15) is 22.3 Å². The van der Waals surface area contributed by atoms with Crippen LogP contribution in [0.3, 0.4) is 0 Å². The number of benzene rings is 3. The highest BCUT2D eigenvalue weighted by molar-refractivity contribution is 7.00. The van der Waals surface area contributed by atoms with Gasteiger partial charge in [0.05, 0.1) is 11.7 Å². The van der Waals surface area contributed by atoms with Gasteiger partial charge in [-0.2, -0.15) is 8.75 Å². The van der Waals surface area contributed by atoms with E-state index in [2.05, 4.69) is 66.5 Å². The van der Waals surface area contributed by atoms with Crippen molar-refractivity contribution < 1.29 is 0 Å². The van der Waals surface area contributed by atoms with E-state index in [4.69, 9.17) is 0 Å². The van der Waals surface area contributed by atoms with E-state index in [-0.39, 0.29) is 0 Å². The molecule has 4 aromatic rings. The monoisotopic (exact) mass is 422 g/mol. The zero-order valence-electron chi connectivity index (χ0n) is 18.0. The molecule has 0 atom stereocenters. The fraction of sp³-hybridized carbons (Fsp3) is 0.154. The molecule has 0 fully saturated rings. The van der Waals surface area contributed by atoms with E-state index in [1.807, 2.05) is 64.6 Å². The normalized spacial score (nSPS) is 10.1. The van der Waals surface area contributed by atoms with E-state index in [0.29, 0.717) is 0 Å². The highest BCUT2D eigenvalue weighted by Crippen LogP contribution is 2.19. The van der Waals surface area contributed by atoms with Crippen LogP contribution in [0.4, 0.5) is 11.4 Å². The maximum atomic E-state index is 4.36. The average molecular weight is 423 g/mol. The lowest BCUT2D eigenvalue weighted by atomic mass is 10.1. The molecule has 0 unspecified atom stereocenters. The number of hydrogen-bond acceptors (Lipinski definition) is 5. The summed E-state index contributed by atoms with van der Waals surface area (Å²) in [7, 11) is 8.10. The van der Waals surface area contributed by atoms with Crippen LogP contribution in [0, 0.1) is 23.7 Å². The Morgan fingerprint density at radius 3 is 1.32 bits per heavy atom. The van der Waals surface area contributed by atoms with Crippen LogP contribution in [0.5, 0.6) is 0 Å². The second-order valence-electron chi connectivity index (χ2n) is 7.53. The minimum absolute atomic E-state index is 0.846. The third kappa shape index (κ3) is 4.86. The first kappa shape index (κ1) is 20.5. The first-order chi connectivity index (χ1) is 15.0. The summed E-state index contributed by atoms with van der Waals surface area (Å²) < 4.78 is 8.71. The first-order valence-corrected chi connectivity index (χ1v) is 10.6. The summed E-state index contributed by atoms with van der Waals surface area (Å²) in [6, 6.07) is 20.3. The maximum Gasteiger partial charge on any atom is 0.106 e. The fourth-order valence-corrected chi connectivity index (χ4v) is 3.51. The van der Waals surface area contributed by atoms with Crippen LogP contribution in [-0.4, -0.2) is 36.9 Å². The van der Waals surface area contributed by atoms with Gasteiger partial charge in [-0.05, 0) is 60.7 Å². The topological polar surface area (TPSA) is 32.3 Å². The SMILES string of the molecule is CN(C)c1ccc(C#Cc2cc3nsnc3cc2C#Cc2ccc(N(C)C)cc2)cc1. The Labute approximate surface area is 187 Å². The minimum Gasteiger partial charge on any atom is -0.378 e. The van der Waals surface area contributed by atoms with Gasteiger partial charge in [0.2, 0.25) is 0 Å². The molecule has 0 saturated heterocycles. The van der Waals surface area contributed by atoms with Crippen molar-refractivity contribution in [3.8, 4) is 23.7 Å². The summed E-state index contributed by atoms with van der Waals surface area (Å²) in [6.07, 6.45) is 0. The molecular weight excluding hydrogens is 400 g/mol. The molecule has 0 saturated carbocycles. The molecule has 0 aliphatic heterocycles. The van der Waals surface area contributed by atoms with E-state index in [1.165, 1.54) is 11.7 Å². The van der Waals surface area contributed by atoms with Crippen molar-refractivity contribution in [1.82, 2.24) is 8.75 Å². The van der Waals surface area contributed by atoms with Gasteiger partial charge >= 0.3 is 0 Å². The van der Waals surface area contributed by atoms with Crippen molar-refractivity contribution in [2.24, 2.45) is 0 Å². The molecule has 152 valence electrons. The second kappa shape index (κ2) is 8.92. The van der Waals surface area contributed by atoms with E-state index in [9.17, 15) is 0 Å². The third-order valence-corrected chi connectivity index (χ3v) is 5.40. The van der Waals surface area contributed by atoms with Crippen molar-refractivity contribution in [1.29, 1.82) is 0 Å². The van der Waals surface area contributed by atoms with Crippen LogP contribution in [0.25, 0.3) is 11.0 Å². The Morgan fingerprint density at radius 2 is 0.968 bits per heavy atom. The van der Waals surface area contributed by atoms with E-state index < -0.39 is 0 Å². The Hall–Kier alpha value is -3.80. The zero-order valence-corrected chi connectivity index (χ0v) is 18.8. The quantitative estimate of drug-likeness (QED) is 0.441. The molecular formula is C26H22N4S. The number of hydrogen-bond donors (Lipinski definition) is 0. The van der Waals surface area contributed by atoms with Gasteiger partial charge in [-0.3, -0.25) is 0 Å². The molecule has 0 spiro atoms. The van der Waals surface area contributed by atoms with Crippen molar-refractivity contribution in [2.75, 3.05) is 38.0 Å². The van der Waals surface area contributed by atoms with Crippen molar-refractivity contribution in [2.45, 2.75) is 0 Å². The zero-order chi connectivity index (χ0) is 21.8. The number of anilines is 2. The van der Waals surface area contributed by atoms with Crippen LogP contribution < -0.4 is 9.80 Å². The summed E-state index contributed by atoms with van der Waals surface area (Å²) in [5, 5.41) is 0. The summed E-state index contributed by atoms with van der Waals surface area (Å²) in [5.41, 5.74) is 7.61. The molecule has 31 heavy (non-hydrogen) atoms. The van der Waals surface area contributed by atoms with Gasteiger partial charge in [0, 0.05) is 61.8 Å². The molecule has 0 bridgehead atoms. The van der Waals surface area contributed by atoms with Crippen LogP contribution in [-0.2, 0) is 0 Å². The van der Waals surface area contributed by atoms with Crippen molar-refractivity contribution >= 4 is 34.1 Å². The molecule has 0 amide bonds. The van der Waals surface area contributed by atoms with Gasteiger partial charge in [-0.25, -0.2) is 0 Å². The number of nitrogens with zero attached hydrogens (tertiary/aromatic N) is 4. The van der Waals surface area contributed by atoms with Gasteiger partial charge in [-0.15, -0.1) is 0 Å². The molecule has 3 aromatic carbocycles. The fourth-order valence-electron chi connectivity index (χ4n) is 3.00. The lowest BCUT2D eigenvalue weighted by Crippen LogP contribution is -2.07. The summed E-state index contributed by atoms with van der Waals surface area (Å²) in [6.45, 7) is 0. The van der Waals surface area contributed by atoms with E-state index in [0.717, 1.165) is 44.7 Å². The highest BCUT2D eigenvalue weighted by atomic mass is 32.1. The number of fused-ring (bicyclic) bond motifs is 1. The van der Waals surface area contributed by atoms with Gasteiger partial charge in [0.15, 0.2) is 0 Å². The van der Waals surface area contributed by atoms with Crippen LogP contribution >= 0.6 is 11.7 Å². The second-order valence-corrected chi connectivity index (χ2v) is 8.06. The molecule has 0 aliphatic carbocycles. The Kier molecular flexibility index (Phi) is 5.89. The largest absolute Gasteiger partial charge is 0.378 e. The molecule has 4 nitrogen and oxygen atoms in total. The average Bonchev–Trinajstić information content (AvgIpc) is 3.23. The predicted molar refractivity (Wildman–Crippen MR) is 131 cm³/mol. The van der Waals surface area contributed by atoms with Crippen molar-refractivity contribution in [3.05, 3.63) is 82.9 Å². The Bertz CT molecular complexity index is 1220. The van der Waals surface area contributed by atoms with Crippen molar-refractivity contribution in [3.63, 3.8) is 0 Å². The lowest BCUT2D eigenvalue weighted by Gasteiger charge is -2.11. The van der Waals surface area contributed by atoms with E-state index in [1.54, 1.807) is 0 Å². The van der Waals surface area contributed by atoms with E-state index >= 15 is 0 Å². The Balaban J connectivity index is 1.69. The van der Waals surface area contributed by atoms with Crippen LogP contribution in [0.15, 0.2) is 60.7 Å². The van der Waals surface area contributed by atoms with Gasteiger partial charge < -0.3 is 9.80 Å². The van der Waals surface area contributed by atoms with Gasteiger partial charge in [-0.1, -0.05) is 23.7 Å². The molecule has 5 heteroatoms. The standard InChI is InChI=1S/C26H22N4S/c1-29(2)23-13-7-19(8-14-23)5-11-21-17-25-26(28-31-27-25)18-22(21)12-6-20-9-15-24(16-10-20)30(3)4/h7-10,13-18H,1-4H3. The highest BCUT2D eigenvalue weighted by Gasteiger charge is 2.05. The van der Waals surface area contributed by atoms with Gasteiger partial charge in [0.1, 0.15) is 11.0 Å². The molecule has 1 aromatic heterocycles. The summed E-state index contributed by atoms with van der Waals surface area (Å²) >= 11 is 1.20. The number of aromatic nitrogens is 2. The third-order valence-electron chi connectivity index (χ3n) is 4.84. The summed E-state index contributed by atoms with van der Waals surface area (Å²) in [5.74, 6) is 13.1. The maximum absolute atomic E-state index is 4.36. The number of rotatable bonds is 2. The molecule has 4 rings (SSSR count).